The molecular formula is C24H32N2. The quantitative estimate of drug-likeness (QED) is 0.525. The number of para-hydroxylation sites is 2. The van der Waals surface area contributed by atoms with Gasteiger partial charge in [-0.05, 0) is 47.9 Å². The molecule has 0 aliphatic heterocycles. The molecule has 0 amide bonds. The highest BCUT2D eigenvalue weighted by Gasteiger charge is 2.18. The molecule has 0 aromatic heterocycles. The second-order valence-electron chi connectivity index (χ2n) is 8.93. The highest BCUT2D eigenvalue weighted by atomic mass is 14.8. The van der Waals surface area contributed by atoms with Gasteiger partial charge in [0, 0.05) is 0 Å². The summed E-state index contributed by atoms with van der Waals surface area (Å²) in [4.78, 5) is 9.80. The van der Waals surface area contributed by atoms with Crippen LogP contribution in [0.25, 0.3) is 0 Å². The lowest BCUT2D eigenvalue weighted by Crippen LogP contribution is -2.13. The lowest BCUT2D eigenvalue weighted by Gasteiger charge is -2.22. The summed E-state index contributed by atoms with van der Waals surface area (Å²) >= 11 is 0. The van der Waals surface area contributed by atoms with Crippen molar-refractivity contribution in [2.45, 2.75) is 66.2 Å². The normalized spacial score (nSPS) is 13.8. The highest BCUT2D eigenvalue weighted by molar-refractivity contribution is 6.41. The minimum absolute atomic E-state index is 0.0598. The molecule has 0 saturated carbocycles. The van der Waals surface area contributed by atoms with Gasteiger partial charge in [0.25, 0.3) is 0 Å². The molecule has 0 atom stereocenters. The van der Waals surface area contributed by atoms with Gasteiger partial charge < -0.3 is 0 Å². The van der Waals surface area contributed by atoms with Gasteiger partial charge in [-0.25, -0.2) is 0 Å². The van der Waals surface area contributed by atoms with Crippen LogP contribution in [0.3, 0.4) is 0 Å². The lowest BCUT2D eigenvalue weighted by molar-refractivity contribution is 0.591. The zero-order valence-electron chi connectivity index (χ0n) is 17.5. The third-order valence-electron chi connectivity index (χ3n) is 4.52. The summed E-state index contributed by atoms with van der Waals surface area (Å²) in [5.41, 5.74) is 6.57. The van der Waals surface area contributed by atoms with Crippen molar-refractivity contribution in [2.24, 2.45) is 9.98 Å². The van der Waals surface area contributed by atoms with E-state index in [1.165, 1.54) is 11.1 Å². The second kappa shape index (κ2) is 7.57. The van der Waals surface area contributed by atoms with Gasteiger partial charge in [-0.2, -0.15) is 0 Å². The van der Waals surface area contributed by atoms with Crippen molar-refractivity contribution in [3.05, 3.63) is 59.7 Å². The van der Waals surface area contributed by atoms with Gasteiger partial charge >= 0.3 is 0 Å². The molecule has 2 heteroatoms. The molecule has 0 aliphatic rings. The maximum atomic E-state index is 4.90. The van der Waals surface area contributed by atoms with Crippen molar-refractivity contribution in [1.29, 1.82) is 0 Å². The van der Waals surface area contributed by atoms with Crippen molar-refractivity contribution >= 4 is 22.8 Å². The minimum atomic E-state index is 0.0598. The number of hydrogen-bond acceptors (Lipinski definition) is 2. The first-order chi connectivity index (χ1) is 12.0. The van der Waals surface area contributed by atoms with E-state index in [0.29, 0.717) is 0 Å². The Morgan fingerprint density at radius 3 is 1.19 bits per heavy atom. The summed E-state index contributed by atoms with van der Waals surface area (Å²) in [6.07, 6.45) is 0. The number of benzene rings is 2. The molecule has 0 radical (unpaired) electrons. The van der Waals surface area contributed by atoms with Gasteiger partial charge in [-0.1, -0.05) is 77.9 Å². The van der Waals surface area contributed by atoms with Gasteiger partial charge in [0.1, 0.15) is 0 Å². The van der Waals surface area contributed by atoms with Crippen LogP contribution in [0, 0.1) is 0 Å². The summed E-state index contributed by atoms with van der Waals surface area (Å²) < 4.78 is 0. The third kappa shape index (κ3) is 4.91. The van der Waals surface area contributed by atoms with E-state index in [-0.39, 0.29) is 10.8 Å². The molecule has 2 aromatic carbocycles. The van der Waals surface area contributed by atoms with Crippen LogP contribution >= 0.6 is 0 Å². The summed E-state index contributed by atoms with van der Waals surface area (Å²) in [5, 5.41) is 0. The van der Waals surface area contributed by atoms with E-state index >= 15 is 0 Å². The minimum Gasteiger partial charge on any atom is -0.252 e. The van der Waals surface area contributed by atoms with E-state index in [0.717, 1.165) is 22.8 Å². The molecule has 0 aliphatic carbocycles. The summed E-state index contributed by atoms with van der Waals surface area (Å²) in [7, 11) is 0. The van der Waals surface area contributed by atoms with E-state index in [4.69, 9.17) is 9.98 Å². The Morgan fingerprint density at radius 2 is 0.885 bits per heavy atom. The van der Waals surface area contributed by atoms with Crippen LogP contribution < -0.4 is 0 Å². The first-order valence-corrected chi connectivity index (χ1v) is 9.30. The first kappa shape index (κ1) is 20.1. The number of nitrogens with zero attached hydrogens (tertiary/aromatic N) is 2. The maximum absolute atomic E-state index is 4.90. The van der Waals surface area contributed by atoms with Crippen LogP contribution in [0.15, 0.2) is 58.5 Å². The zero-order valence-corrected chi connectivity index (χ0v) is 17.5. The largest absolute Gasteiger partial charge is 0.252 e. The van der Waals surface area contributed by atoms with E-state index in [2.05, 4.69) is 77.9 Å². The smallest absolute Gasteiger partial charge is 0.0670 e. The van der Waals surface area contributed by atoms with Gasteiger partial charge in [0.2, 0.25) is 0 Å². The zero-order chi connectivity index (χ0) is 19.5. The fourth-order valence-corrected chi connectivity index (χ4v) is 2.93. The molecule has 0 spiro atoms. The fourth-order valence-electron chi connectivity index (χ4n) is 2.93. The lowest BCUT2D eigenvalue weighted by atomic mass is 9.86. The second-order valence-corrected chi connectivity index (χ2v) is 8.93. The van der Waals surface area contributed by atoms with E-state index in [9.17, 15) is 0 Å². The topological polar surface area (TPSA) is 24.7 Å². The van der Waals surface area contributed by atoms with E-state index in [1.54, 1.807) is 0 Å². The predicted molar refractivity (Wildman–Crippen MR) is 116 cm³/mol. The van der Waals surface area contributed by atoms with Crippen molar-refractivity contribution in [2.75, 3.05) is 0 Å². The van der Waals surface area contributed by atoms with Gasteiger partial charge in [0.15, 0.2) is 0 Å². The van der Waals surface area contributed by atoms with Crippen LogP contribution in [-0.4, -0.2) is 11.4 Å². The van der Waals surface area contributed by atoms with E-state index in [1.807, 2.05) is 26.0 Å². The van der Waals surface area contributed by atoms with Crippen molar-refractivity contribution < 1.29 is 0 Å². The molecule has 138 valence electrons. The number of hydrogen-bond donors (Lipinski definition) is 0. The van der Waals surface area contributed by atoms with Gasteiger partial charge in [0.05, 0.1) is 22.8 Å². The van der Waals surface area contributed by atoms with E-state index < -0.39 is 0 Å². The predicted octanol–water partition coefficient (Wildman–Crippen LogP) is 7.17. The van der Waals surface area contributed by atoms with Crippen molar-refractivity contribution in [3.63, 3.8) is 0 Å². The standard InChI is InChI=1S/C24H32N2/c1-17(25-21-15-11-9-13-19(21)23(3,4)5)18(2)26-22-16-12-10-14-20(22)24(6,7)8/h9-16H,1-8H3. The Morgan fingerprint density at radius 1 is 0.577 bits per heavy atom. The number of aliphatic imine (C=N–C) groups is 2. The molecule has 0 heterocycles. The average Bonchev–Trinajstić information content (AvgIpc) is 2.53. The molecule has 0 N–H and O–H groups in total. The Bertz CT molecular complexity index is 756. The molecular weight excluding hydrogens is 316 g/mol. The van der Waals surface area contributed by atoms with Gasteiger partial charge in [-0.15, -0.1) is 0 Å². The molecule has 0 saturated heterocycles. The molecule has 0 unspecified atom stereocenters. The van der Waals surface area contributed by atoms with Crippen LogP contribution in [0.4, 0.5) is 11.4 Å². The Labute approximate surface area is 159 Å². The molecule has 2 rings (SSSR count). The van der Waals surface area contributed by atoms with Crippen molar-refractivity contribution in [3.8, 4) is 0 Å². The molecule has 0 fully saturated rings. The third-order valence-corrected chi connectivity index (χ3v) is 4.52. The SMILES string of the molecule is CC(=Nc1ccccc1C(C)(C)C)C(C)=Nc1ccccc1C(C)(C)C. The van der Waals surface area contributed by atoms with Crippen LogP contribution in [0.1, 0.15) is 66.5 Å². The molecule has 0 bridgehead atoms. The number of rotatable bonds is 3. The van der Waals surface area contributed by atoms with Crippen molar-refractivity contribution in [1.82, 2.24) is 0 Å². The Hall–Kier alpha value is -2.22. The maximum Gasteiger partial charge on any atom is 0.0670 e. The average molecular weight is 349 g/mol. The summed E-state index contributed by atoms with van der Waals surface area (Å²) in [6, 6.07) is 16.7. The highest BCUT2D eigenvalue weighted by Crippen LogP contribution is 2.33. The first-order valence-electron chi connectivity index (χ1n) is 9.30. The Balaban J connectivity index is 2.45. The molecule has 2 aromatic rings. The Kier molecular flexibility index (Phi) is 5.85. The van der Waals surface area contributed by atoms with Crippen LogP contribution in [0.5, 0.6) is 0 Å². The van der Waals surface area contributed by atoms with Gasteiger partial charge in [-0.3, -0.25) is 9.98 Å². The van der Waals surface area contributed by atoms with Crippen LogP contribution in [0.2, 0.25) is 0 Å². The molecule has 26 heavy (non-hydrogen) atoms. The molecule has 2 nitrogen and oxygen atoms in total. The summed E-state index contributed by atoms with van der Waals surface area (Å²) in [5.74, 6) is 0. The van der Waals surface area contributed by atoms with Crippen LogP contribution in [-0.2, 0) is 10.8 Å². The monoisotopic (exact) mass is 348 g/mol. The summed E-state index contributed by atoms with van der Waals surface area (Å²) in [6.45, 7) is 17.4. The fraction of sp³-hybridized carbons (Fsp3) is 0.417.